The number of nitrogens with zero attached hydrogens (tertiary/aromatic N) is 3. The van der Waals surface area contributed by atoms with Gasteiger partial charge in [0.1, 0.15) is 17.8 Å². The number of ether oxygens (including phenoxy) is 2. The number of nitro groups is 1. The molecule has 1 heterocycles. The molecule has 3 rings (SSSR count). The van der Waals surface area contributed by atoms with Gasteiger partial charge in [0.15, 0.2) is 0 Å². The van der Waals surface area contributed by atoms with Crippen molar-refractivity contribution in [2.45, 2.75) is 19.8 Å². The minimum absolute atomic E-state index is 0.181. The Morgan fingerprint density at radius 2 is 1.41 bits per heavy atom. The van der Waals surface area contributed by atoms with Gasteiger partial charge in [0.05, 0.1) is 4.92 Å². The highest BCUT2D eigenvalue weighted by Gasteiger charge is 2.27. The predicted molar refractivity (Wildman–Crippen MR) is 104 cm³/mol. The Morgan fingerprint density at radius 3 is 1.85 bits per heavy atom. The Bertz CT molecular complexity index is 944. The second-order valence-electron chi connectivity index (χ2n) is 5.97. The van der Waals surface area contributed by atoms with Gasteiger partial charge in [-0.05, 0) is 47.9 Å². The van der Waals surface area contributed by atoms with E-state index < -0.39 is 10.6 Å². The van der Waals surface area contributed by atoms with E-state index >= 15 is 0 Å². The van der Waals surface area contributed by atoms with Crippen molar-refractivity contribution in [2.24, 2.45) is 0 Å². The Balaban J connectivity index is 1.91. The molecule has 2 aromatic carbocycles. The van der Waals surface area contributed by atoms with E-state index in [1.54, 1.807) is 36.4 Å². The molecule has 0 atom stereocenters. The lowest BCUT2D eigenvalue weighted by atomic mass is 10.0. The normalized spacial score (nSPS) is 10.7. The van der Waals surface area contributed by atoms with E-state index in [4.69, 9.17) is 9.47 Å². The minimum Gasteiger partial charge on any atom is -0.433 e. The lowest BCUT2D eigenvalue weighted by Gasteiger charge is -2.10. The summed E-state index contributed by atoms with van der Waals surface area (Å²) in [6.45, 7) is 4.16. The van der Waals surface area contributed by atoms with Crippen LogP contribution in [0.15, 0.2) is 59.3 Å². The molecular weight excluding hydrogens is 414 g/mol. The summed E-state index contributed by atoms with van der Waals surface area (Å²) in [5, 5.41) is 11.6. The van der Waals surface area contributed by atoms with Crippen LogP contribution in [0.2, 0.25) is 0 Å². The zero-order valence-electron chi connectivity index (χ0n) is 14.6. The van der Waals surface area contributed by atoms with Crippen molar-refractivity contribution in [1.82, 2.24) is 9.97 Å². The zero-order valence-corrected chi connectivity index (χ0v) is 16.2. The van der Waals surface area contributed by atoms with Crippen molar-refractivity contribution in [2.75, 3.05) is 0 Å². The molecule has 8 heteroatoms. The quantitative estimate of drug-likeness (QED) is 0.360. The Labute approximate surface area is 164 Å². The molecule has 0 N–H and O–H groups in total. The SMILES string of the molecule is CC(C)c1ccc(Oc2ncnc(Oc3ccc(Br)cc3)c2[N+](=O)[O-])cc1. The fraction of sp³-hybridized carbons (Fsp3) is 0.158. The van der Waals surface area contributed by atoms with E-state index in [9.17, 15) is 10.1 Å². The summed E-state index contributed by atoms with van der Waals surface area (Å²) in [5.41, 5.74) is 0.701. The van der Waals surface area contributed by atoms with Gasteiger partial charge in [-0.3, -0.25) is 10.1 Å². The van der Waals surface area contributed by atoms with Crippen LogP contribution in [0, 0.1) is 10.1 Å². The van der Waals surface area contributed by atoms with Crippen LogP contribution in [-0.2, 0) is 0 Å². The van der Waals surface area contributed by atoms with E-state index in [1.165, 1.54) is 6.33 Å². The molecule has 0 aliphatic heterocycles. The maximum Gasteiger partial charge on any atom is 0.393 e. The molecule has 0 spiro atoms. The summed E-state index contributed by atoms with van der Waals surface area (Å²) in [6, 6.07) is 14.2. The maximum atomic E-state index is 11.6. The largest absolute Gasteiger partial charge is 0.433 e. The first-order valence-electron chi connectivity index (χ1n) is 8.14. The molecule has 0 amide bonds. The van der Waals surface area contributed by atoms with Crippen LogP contribution in [0.5, 0.6) is 23.3 Å². The average molecular weight is 430 g/mol. The molecule has 0 fully saturated rings. The van der Waals surface area contributed by atoms with Crippen molar-refractivity contribution in [3.8, 4) is 23.3 Å². The lowest BCUT2D eigenvalue weighted by molar-refractivity contribution is -0.387. The van der Waals surface area contributed by atoms with Crippen LogP contribution in [0.4, 0.5) is 5.69 Å². The summed E-state index contributed by atoms with van der Waals surface area (Å²) in [6.07, 6.45) is 1.17. The van der Waals surface area contributed by atoms with E-state index in [0.717, 1.165) is 10.0 Å². The van der Waals surface area contributed by atoms with Gasteiger partial charge in [0, 0.05) is 4.47 Å². The molecule has 0 saturated heterocycles. The first-order valence-corrected chi connectivity index (χ1v) is 8.94. The molecule has 0 bridgehead atoms. The van der Waals surface area contributed by atoms with Crippen LogP contribution in [0.25, 0.3) is 0 Å². The summed E-state index contributed by atoms with van der Waals surface area (Å²) >= 11 is 3.32. The van der Waals surface area contributed by atoms with Crippen molar-refractivity contribution < 1.29 is 14.4 Å². The van der Waals surface area contributed by atoms with Crippen molar-refractivity contribution in [3.63, 3.8) is 0 Å². The minimum atomic E-state index is -0.619. The summed E-state index contributed by atoms with van der Waals surface area (Å²) < 4.78 is 12.0. The first-order chi connectivity index (χ1) is 12.9. The van der Waals surface area contributed by atoms with Gasteiger partial charge in [0.25, 0.3) is 0 Å². The molecule has 1 aromatic heterocycles. The molecule has 0 unspecified atom stereocenters. The predicted octanol–water partition coefficient (Wildman–Crippen LogP) is 5.86. The highest BCUT2D eigenvalue weighted by atomic mass is 79.9. The van der Waals surface area contributed by atoms with Crippen molar-refractivity contribution in [1.29, 1.82) is 0 Å². The van der Waals surface area contributed by atoms with Crippen molar-refractivity contribution >= 4 is 21.6 Å². The summed E-state index contributed by atoms with van der Waals surface area (Å²) in [5.74, 6) is 0.854. The smallest absolute Gasteiger partial charge is 0.393 e. The third kappa shape index (κ3) is 4.59. The fourth-order valence-electron chi connectivity index (χ4n) is 2.30. The first kappa shape index (κ1) is 18.8. The number of aromatic nitrogens is 2. The molecule has 7 nitrogen and oxygen atoms in total. The average Bonchev–Trinajstić information content (AvgIpc) is 2.64. The summed E-state index contributed by atoms with van der Waals surface area (Å²) in [7, 11) is 0. The molecule has 0 saturated carbocycles. The van der Waals surface area contributed by atoms with Crippen LogP contribution < -0.4 is 9.47 Å². The molecule has 3 aromatic rings. The molecular formula is C19H16BrN3O4. The second-order valence-corrected chi connectivity index (χ2v) is 6.89. The van der Waals surface area contributed by atoms with E-state index in [-0.39, 0.29) is 11.8 Å². The Hall–Kier alpha value is -3.00. The van der Waals surface area contributed by atoms with E-state index in [0.29, 0.717) is 17.4 Å². The van der Waals surface area contributed by atoms with E-state index in [1.807, 2.05) is 12.1 Å². The number of rotatable bonds is 6. The molecule has 27 heavy (non-hydrogen) atoms. The highest BCUT2D eigenvalue weighted by Crippen LogP contribution is 2.37. The molecule has 0 aliphatic carbocycles. The zero-order chi connectivity index (χ0) is 19.4. The number of hydrogen-bond donors (Lipinski definition) is 0. The van der Waals surface area contributed by atoms with E-state index in [2.05, 4.69) is 39.7 Å². The van der Waals surface area contributed by atoms with Crippen molar-refractivity contribution in [3.05, 3.63) is 75.0 Å². The monoisotopic (exact) mass is 429 g/mol. The highest BCUT2D eigenvalue weighted by molar-refractivity contribution is 9.10. The van der Waals surface area contributed by atoms with Crippen LogP contribution in [0.3, 0.4) is 0 Å². The number of hydrogen-bond acceptors (Lipinski definition) is 6. The van der Waals surface area contributed by atoms with Crippen LogP contribution in [0.1, 0.15) is 25.3 Å². The lowest BCUT2D eigenvalue weighted by Crippen LogP contribution is -2.01. The summed E-state index contributed by atoms with van der Waals surface area (Å²) in [4.78, 5) is 18.8. The van der Waals surface area contributed by atoms with Gasteiger partial charge in [-0.2, -0.15) is 9.97 Å². The molecule has 0 radical (unpaired) electrons. The third-order valence-electron chi connectivity index (χ3n) is 3.73. The van der Waals surface area contributed by atoms with Gasteiger partial charge in [0.2, 0.25) is 0 Å². The van der Waals surface area contributed by atoms with Gasteiger partial charge in [-0.15, -0.1) is 0 Å². The second kappa shape index (κ2) is 8.13. The Morgan fingerprint density at radius 1 is 0.926 bits per heavy atom. The molecule has 0 aliphatic rings. The van der Waals surface area contributed by atoms with Gasteiger partial charge >= 0.3 is 17.4 Å². The van der Waals surface area contributed by atoms with Gasteiger partial charge in [-0.25, -0.2) is 0 Å². The van der Waals surface area contributed by atoms with Crippen LogP contribution >= 0.6 is 15.9 Å². The third-order valence-corrected chi connectivity index (χ3v) is 4.26. The number of benzene rings is 2. The van der Waals surface area contributed by atoms with Crippen LogP contribution in [-0.4, -0.2) is 14.9 Å². The Kier molecular flexibility index (Phi) is 5.66. The fourth-order valence-corrected chi connectivity index (χ4v) is 2.56. The molecule has 138 valence electrons. The number of halogens is 1. The topological polar surface area (TPSA) is 87.4 Å². The van der Waals surface area contributed by atoms with Gasteiger partial charge in [-0.1, -0.05) is 41.9 Å². The maximum absolute atomic E-state index is 11.6. The standard InChI is InChI=1S/C19H16BrN3O4/c1-12(2)13-3-7-15(8-4-13)26-18-17(23(24)25)19(22-11-21-18)27-16-9-5-14(20)6-10-16/h3-12H,1-2H3. The van der Waals surface area contributed by atoms with Gasteiger partial charge < -0.3 is 9.47 Å².